The lowest BCUT2D eigenvalue weighted by molar-refractivity contribution is -0.180. The smallest absolute Gasteiger partial charge is 0.330 e. The average molecular weight is 849 g/mol. The van der Waals surface area contributed by atoms with Crippen molar-refractivity contribution >= 4 is 34.6 Å². The Morgan fingerprint density at radius 1 is 1.13 bits per heavy atom. The van der Waals surface area contributed by atoms with Crippen molar-refractivity contribution in [3.05, 3.63) is 68.9 Å². The largest absolute Gasteiger partial charge is 0.504 e. The molecule has 7 aliphatic rings. The Kier molecular flexibility index (Phi) is 8.21. The SMILES string of the molecule is COc1ccc2[nH]c3c(c2c1)C[C@@H](CN)N[C@H]3C(=O)OC12C[C@@H](c3c4c(c(C)c(OC(C)=O)c31)OCO4)N1[C@H]([C@H]3c4c(cc(C)c(OC)c4O)[C@@]4(C)CC1(C#N)CN34)[C@@H]2SC. The molecule has 4 aromatic rings. The van der Waals surface area contributed by atoms with Gasteiger partial charge in [-0.25, -0.2) is 4.79 Å². The minimum Gasteiger partial charge on any atom is -0.504 e. The molecule has 0 spiro atoms. The number of nitrogens with two attached hydrogens (primary N) is 1. The van der Waals surface area contributed by atoms with E-state index in [1.54, 1.807) is 14.2 Å². The lowest BCUT2D eigenvalue weighted by Crippen LogP contribution is -2.70. The molecule has 16 heteroatoms. The maximum atomic E-state index is 15.5. The van der Waals surface area contributed by atoms with Crippen LogP contribution in [-0.4, -0.2) is 95.1 Å². The van der Waals surface area contributed by atoms with Gasteiger partial charge in [0, 0.05) is 95.4 Å². The number of esters is 2. The first-order chi connectivity index (χ1) is 29.3. The number of phenols is 1. The zero-order valence-electron chi connectivity index (χ0n) is 35.1. The molecule has 9 atom stereocenters. The highest BCUT2D eigenvalue weighted by Crippen LogP contribution is 2.74. The number of aromatic nitrogens is 1. The van der Waals surface area contributed by atoms with Gasteiger partial charge in [-0.2, -0.15) is 17.0 Å². The van der Waals surface area contributed by atoms with Crippen molar-refractivity contribution in [3.63, 3.8) is 0 Å². The second-order valence-corrected chi connectivity index (χ2v) is 18.8. The van der Waals surface area contributed by atoms with Gasteiger partial charge in [0.05, 0.1) is 31.6 Å². The molecule has 0 radical (unpaired) electrons. The van der Waals surface area contributed by atoms with E-state index in [2.05, 4.69) is 39.2 Å². The molecule has 6 aliphatic heterocycles. The summed E-state index contributed by atoms with van der Waals surface area (Å²) in [5.74, 6) is 1.28. The number of carbonyl (C=O) groups excluding carboxylic acids is 2. The molecule has 1 aromatic heterocycles. The predicted octanol–water partition coefficient (Wildman–Crippen LogP) is 4.93. The van der Waals surface area contributed by atoms with Crippen LogP contribution in [0.3, 0.4) is 0 Å². The van der Waals surface area contributed by atoms with Gasteiger partial charge in [0.25, 0.3) is 0 Å². The van der Waals surface area contributed by atoms with E-state index in [4.69, 9.17) is 34.2 Å². The van der Waals surface area contributed by atoms with Crippen molar-refractivity contribution in [2.24, 2.45) is 5.73 Å². The first kappa shape index (κ1) is 38.7. The number of fused-ring (bicyclic) bond motifs is 18. The number of nitriles is 1. The van der Waals surface area contributed by atoms with Crippen molar-refractivity contribution in [1.82, 2.24) is 20.1 Å². The Labute approximate surface area is 356 Å². The standard InChI is InChI=1S/C45H48N6O9S/c1-19-10-26-29(36(53)37(19)56-6)34-35-41(61-7)45(60-42(54)33-32-25(11-22(14-46)48-33)24-12-23(55-5)8-9-27(24)49-32)13-28(51(35)44(16-47)15-43(26,4)50(34)17-44)30-31(45)38(59-21(3)52)20(2)39-40(30)58-18-57-39/h8-10,12,22,28,33-35,41,48-49,53H,11,13-15,17-18,46H2,1-7H3/t22-,28-,33+,34+,35+,41-,43+,44?,45?/m0/s1. The maximum absolute atomic E-state index is 15.5. The van der Waals surface area contributed by atoms with Gasteiger partial charge in [-0.15, -0.1) is 0 Å². The molecular weight excluding hydrogens is 801 g/mol. The van der Waals surface area contributed by atoms with E-state index in [1.165, 1.54) is 18.7 Å². The van der Waals surface area contributed by atoms with E-state index in [0.29, 0.717) is 64.8 Å². The molecule has 3 aromatic carbocycles. The highest BCUT2D eigenvalue weighted by atomic mass is 32.2. The summed E-state index contributed by atoms with van der Waals surface area (Å²) in [5, 5.41) is 27.6. The van der Waals surface area contributed by atoms with Gasteiger partial charge in [-0.05, 0) is 74.4 Å². The third-order valence-electron chi connectivity index (χ3n) is 14.9. The second-order valence-electron chi connectivity index (χ2n) is 17.9. The molecule has 61 heavy (non-hydrogen) atoms. The summed E-state index contributed by atoms with van der Waals surface area (Å²) in [6, 6.07) is 8.01. The molecule has 1 aliphatic carbocycles. The van der Waals surface area contributed by atoms with Gasteiger partial charge in [0.1, 0.15) is 23.1 Å². The summed E-state index contributed by atoms with van der Waals surface area (Å²) in [6.45, 7) is 7.89. The van der Waals surface area contributed by atoms with Crippen molar-refractivity contribution in [2.75, 3.05) is 40.4 Å². The van der Waals surface area contributed by atoms with Crippen molar-refractivity contribution < 1.29 is 43.1 Å². The fourth-order valence-electron chi connectivity index (χ4n) is 12.8. The molecule has 15 nitrogen and oxygen atoms in total. The Bertz CT molecular complexity index is 2680. The number of piperidine rings is 1. The van der Waals surface area contributed by atoms with Gasteiger partial charge in [-0.3, -0.25) is 19.9 Å². The summed E-state index contributed by atoms with van der Waals surface area (Å²) < 4.78 is 37.3. The van der Waals surface area contributed by atoms with Crippen molar-refractivity contribution in [3.8, 4) is 40.6 Å². The maximum Gasteiger partial charge on any atom is 0.330 e. The van der Waals surface area contributed by atoms with Crippen LogP contribution in [0.25, 0.3) is 10.9 Å². The van der Waals surface area contributed by atoms with E-state index in [-0.39, 0.29) is 37.3 Å². The van der Waals surface area contributed by atoms with Crippen LogP contribution in [-0.2, 0) is 31.9 Å². The number of aromatic hydroxyl groups is 1. The highest BCUT2D eigenvalue weighted by molar-refractivity contribution is 7.99. The molecule has 4 bridgehead atoms. The van der Waals surface area contributed by atoms with E-state index >= 15 is 4.79 Å². The molecule has 0 saturated carbocycles. The lowest BCUT2D eigenvalue weighted by atomic mass is 9.72. The van der Waals surface area contributed by atoms with E-state index in [0.717, 1.165) is 33.2 Å². The zero-order chi connectivity index (χ0) is 42.7. The van der Waals surface area contributed by atoms with Crippen LogP contribution in [0.2, 0.25) is 0 Å². The zero-order valence-corrected chi connectivity index (χ0v) is 35.9. The molecular formula is C45H48N6O9S. The van der Waals surface area contributed by atoms with Gasteiger partial charge in [0.15, 0.2) is 28.6 Å². The van der Waals surface area contributed by atoms with Gasteiger partial charge >= 0.3 is 11.9 Å². The van der Waals surface area contributed by atoms with E-state index < -0.39 is 58.0 Å². The molecule has 2 unspecified atom stereocenters. The summed E-state index contributed by atoms with van der Waals surface area (Å²) in [6.07, 6.45) is 3.28. The second kappa shape index (κ2) is 12.9. The van der Waals surface area contributed by atoms with Crippen LogP contribution in [0, 0.1) is 25.2 Å². The fraction of sp³-hybridized carbons (Fsp3) is 0.489. The minimum atomic E-state index is -1.45. The molecule has 3 saturated heterocycles. The van der Waals surface area contributed by atoms with Crippen molar-refractivity contribution in [1.29, 1.82) is 5.26 Å². The first-order valence-electron chi connectivity index (χ1n) is 20.7. The summed E-state index contributed by atoms with van der Waals surface area (Å²) >= 11 is 1.54. The third-order valence-corrected chi connectivity index (χ3v) is 16.1. The van der Waals surface area contributed by atoms with Crippen LogP contribution >= 0.6 is 11.8 Å². The number of H-pyrrole nitrogens is 1. The average Bonchev–Trinajstić information content (AvgIpc) is 4.03. The van der Waals surface area contributed by atoms with Gasteiger partial charge in [-0.1, -0.05) is 0 Å². The number of aromatic amines is 1. The van der Waals surface area contributed by atoms with E-state index in [9.17, 15) is 15.2 Å². The summed E-state index contributed by atoms with van der Waals surface area (Å²) in [4.78, 5) is 36.9. The van der Waals surface area contributed by atoms with Crippen molar-refractivity contribution in [2.45, 2.75) is 99.1 Å². The number of hydrogen-bond acceptors (Lipinski definition) is 15. The number of hydrogen-bond donors (Lipinski definition) is 4. The topological polar surface area (TPSA) is 194 Å². The minimum absolute atomic E-state index is 0.0558. The van der Waals surface area contributed by atoms with Crippen LogP contribution < -0.4 is 34.7 Å². The number of benzene rings is 3. The number of methoxy groups -OCH3 is 2. The summed E-state index contributed by atoms with van der Waals surface area (Å²) in [5.41, 5.74) is 10.1. The Morgan fingerprint density at radius 2 is 1.92 bits per heavy atom. The summed E-state index contributed by atoms with van der Waals surface area (Å²) in [7, 11) is 3.18. The normalized spacial score (nSPS) is 32.2. The third kappa shape index (κ3) is 4.73. The number of ether oxygens (including phenoxy) is 6. The van der Waals surface area contributed by atoms with E-state index in [1.807, 2.05) is 38.3 Å². The first-order valence-corrected chi connectivity index (χ1v) is 22.0. The van der Waals surface area contributed by atoms with Crippen LogP contribution in [0.5, 0.6) is 34.5 Å². The highest BCUT2D eigenvalue weighted by Gasteiger charge is 2.77. The number of piperazine rings is 1. The van der Waals surface area contributed by atoms with Gasteiger partial charge < -0.3 is 44.2 Å². The monoisotopic (exact) mass is 848 g/mol. The number of aryl methyl sites for hydroxylation is 1. The van der Waals surface area contributed by atoms with Gasteiger partial charge in [0.2, 0.25) is 6.79 Å². The predicted molar refractivity (Wildman–Crippen MR) is 223 cm³/mol. The number of carbonyl (C=O) groups is 2. The number of nitrogens with zero attached hydrogens (tertiary/aromatic N) is 3. The number of phenolic OH excluding ortho intramolecular Hbond substituents is 1. The van der Waals surface area contributed by atoms with Crippen LogP contribution in [0.4, 0.5) is 0 Å². The number of thioether (sulfide) groups is 1. The Balaban J connectivity index is 1.16. The molecule has 7 heterocycles. The molecule has 0 amide bonds. The number of nitrogens with one attached hydrogen (secondary N) is 2. The van der Waals surface area contributed by atoms with Crippen LogP contribution in [0.1, 0.15) is 89.5 Å². The Hall–Kier alpha value is -5.18. The van der Waals surface area contributed by atoms with Crippen LogP contribution in [0.15, 0.2) is 24.3 Å². The molecule has 5 N–H and O–H groups in total. The number of rotatable bonds is 7. The molecule has 11 rings (SSSR count). The molecule has 3 fully saturated rings. The fourth-order valence-corrected chi connectivity index (χ4v) is 14.0. The Morgan fingerprint density at radius 3 is 2.62 bits per heavy atom. The molecule has 318 valence electrons. The lowest BCUT2D eigenvalue weighted by Gasteiger charge is -2.59. The quantitative estimate of drug-likeness (QED) is 0.144.